The van der Waals surface area contributed by atoms with Crippen LogP contribution in [0.1, 0.15) is 16.1 Å². The van der Waals surface area contributed by atoms with E-state index >= 15 is 0 Å². The predicted molar refractivity (Wildman–Crippen MR) is 61.9 cm³/mol. The van der Waals surface area contributed by atoms with Crippen LogP contribution in [0.4, 0.5) is 0 Å². The highest BCUT2D eigenvalue weighted by Gasteiger charge is 2.00. The quantitative estimate of drug-likeness (QED) is 0.582. The molecule has 74 valence electrons. The van der Waals surface area contributed by atoms with Crippen molar-refractivity contribution >= 4 is 23.2 Å². The second kappa shape index (κ2) is 4.66. The minimum absolute atomic E-state index is 0.0678. The van der Waals surface area contributed by atoms with Crippen LogP contribution in [0.15, 0.2) is 47.3 Å². The fourth-order valence-electron chi connectivity index (χ4n) is 1.14. The number of thiophene rings is 1. The lowest BCUT2D eigenvalue weighted by molar-refractivity contribution is 0.104. The molecule has 0 atom stereocenters. The van der Waals surface area contributed by atoms with E-state index in [4.69, 9.17) is 0 Å². The summed E-state index contributed by atoms with van der Waals surface area (Å²) in [6.45, 7) is 0. The van der Waals surface area contributed by atoms with Crippen molar-refractivity contribution in [1.29, 1.82) is 0 Å². The number of carbonyl (C=O) groups is 1. The number of hydrogen-bond donors (Lipinski definition) is 0. The van der Waals surface area contributed by atoms with Gasteiger partial charge in [-0.3, -0.25) is 9.78 Å². The zero-order chi connectivity index (χ0) is 10.5. The topological polar surface area (TPSA) is 30.0 Å². The Labute approximate surface area is 91.9 Å². The molecule has 15 heavy (non-hydrogen) atoms. The normalized spacial score (nSPS) is 10.7. The molecule has 0 aliphatic rings. The SMILES string of the molecule is O=C(/C=C/c1ccsc1)c1ccccn1. The second-order valence-corrected chi connectivity index (χ2v) is 3.75. The molecule has 0 saturated heterocycles. The Morgan fingerprint density at radius 1 is 1.33 bits per heavy atom. The molecule has 2 aromatic heterocycles. The summed E-state index contributed by atoms with van der Waals surface area (Å²) in [5.41, 5.74) is 1.52. The minimum atomic E-state index is -0.0678. The van der Waals surface area contributed by atoms with E-state index in [1.54, 1.807) is 47.9 Å². The van der Waals surface area contributed by atoms with E-state index in [1.165, 1.54) is 0 Å². The van der Waals surface area contributed by atoms with E-state index in [1.807, 2.05) is 16.8 Å². The van der Waals surface area contributed by atoms with Gasteiger partial charge in [0, 0.05) is 6.20 Å². The summed E-state index contributed by atoms with van der Waals surface area (Å²) in [6, 6.07) is 7.27. The lowest BCUT2D eigenvalue weighted by Gasteiger charge is -1.91. The molecule has 0 saturated carbocycles. The number of hydrogen-bond acceptors (Lipinski definition) is 3. The van der Waals surface area contributed by atoms with Crippen molar-refractivity contribution in [3.05, 3.63) is 58.6 Å². The monoisotopic (exact) mass is 215 g/mol. The van der Waals surface area contributed by atoms with Crippen LogP contribution in [0.25, 0.3) is 6.08 Å². The molecule has 0 spiro atoms. The van der Waals surface area contributed by atoms with Gasteiger partial charge >= 0.3 is 0 Å². The number of aromatic nitrogens is 1. The Kier molecular flexibility index (Phi) is 3.05. The third-order valence-electron chi connectivity index (χ3n) is 1.89. The first-order chi connectivity index (χ1) is 7.36. The molecule has 0 bridgehead atoms. The third-order valence-corrected chi connectivity index (χ3v) is 2.59. The van der Waals surface area contributed by atoms with E-state index in [9.17, 15) is 4.79 Å². The van der Waals surface area contributed by atoms with Crippen molar-refractivity contribution in [2.75, 3.05) is 0 Å². The average Bonchev–Trinajstić information content (AvgIpc) is 2.80. The smallest absolute Gasteiger partial charge is 0.204 e. The van der Waals surface area contributed by atoms with Gasteiger partial charge in [0.2, 0.25) is 5.78 Å². The van der Waals surface area contributed by atoms with Crippen molar-refractivity contribution in [3.8, 4) is 0 Å². The third kappa shape index (κ3) is 2.60. The number of rotatable bonds is 3. The Balaban J connectivity index is 2.11. The Morgan fingerprint density at radius 3 is 2.93 bits per heavy atom. The highest BCUT2D eigenvalue weighted by atomic mass is 32.1. The summed E-state index contributed by atoms with van der Waals surface area (Å²) in [5, 5.41) is 3.97. The molecule has 0 fully saturated rings. The van der Waals surface area contributed by atoms with E-state index in [2.05, 4.69) is 4.98 Å². The first kappa shape index (κ1) is 9.80. The summed E-state index contributed by atoms with van der Waals surface area (Å²) in [4.78, 5) is 15.6. The van der Waals surface area contributed by atoms with Gasteiger partial charge < -0.3 is 0 Å². The molecule has 2 nitrogen and oxygen atoms in total. The molecule has 0 aliphatic heterocycles. The molecule has 0 aliphatic carbocycles. The van der Waals surface area contributed by atoms with Gasteiger partial charge in [-0.25, -0.2) is 0 Å². The summed E-state index contributed by atoms with van der Waals surface area (Å²) in [5.74, 6) is -0.0678. The minimum Gasteiger partial charge on any atom is -0.288 e. The summed E-state index contributed by atoms with van der Waals surface area (Å²) < 4.78 is 0. The lowest BCUT2D eigenvalue weighted by atomic mass is 10.2. The van der Waals surface area contributed by atoms with Gasteiger partial charge in [-0.15, -0.1) is 0 Å². The number of ketones is 1. The van der Waals surface area contributed by atoms with E-state index in [0.717, 1.165) is 5.56 Å². The van der Waals surface area contributed by atoms with Crippen LogP contribution >= 0.6 is 11.3 Å². The highest BCUT2D eigenvalue weighted by Crippen LogP contribution is 2.08. The fraction of sp³-hybridized carbons (Fsp3) is 0. The summed E-state index contributed by atoms with van der Waals surface area (Å²) >= 11 is 1.61. The first-order valence-electron chi connectivity index (χ1n) is 4.52. The fourth-order valence-corrected chi connectivity index (χ4v) is 1.76. The van der Waals surface area contributed by atoms with E-state index in [-0.39, 0.29) is 5.78 Å². The largest absolute Gasteiger partial charge is 0.288 e. The molecule has 2 aromatic rings. The number of allylic oxidation sites excluding steroid dienone is 1. The summed E-state index contributed by atoms with van der Waals surface area (Å²) in [6.07, 6.45) is 4.96. The second-order valence-electron chi connectivity index (χ2n) is 2.97. The van der Waals surface area contributed by atoms with Gasteiger partial charge in [0.15, 0.2) is 0 Å². The standard InChI is InChI=1S/C12H9NOS/c14-12(11-3-1-2-7-13-11)5-4-10-6-8-15-9-10/h1-9H/b5-4+. The average molecular weight is 215 g/mol. The first-order valence-corrected chi connectivity index (χ1v) is 5.46. The molecule has 3 heteroatoms. The van der Waals surface area contributed by atoms with Gasteiger partial charge in [-0.05, 0) is 40.6 Å². The summed E-state index contributed by atoms with van der Waals surface area (Å²) in [7, 11) is 0. The Bertz CT molecular complexity index is 460. The molecular weight excluding hydrogens is 206 g/mol. The zero-order valence-electron chi connectivity index (χ0n) is 7.96. The van der Waals surface area contributed by atoms with Gasteiger partial charge in [0.25, 0.3) is 0 Å². The van der Waals surface area contributed by atoms with Crippen LogP contribution in [0.2, 0.25) is 0 Å². The molecule has 0 N–H and O–H groups in total. The van der Waals surface area contributed by atoms with E-state index in [0.29, 0.717) is 5.69 Å². The van der Waals surface area contributed by atoms with Gasteiger partial charge in [-0.2, -0.15) is 11.3 Å². The molecule has 0 radical (unpaired) electrons. The Hall–Kier alpha value is -1.74. The Morgan fingerprint density at radius 2 is 2.27 bits per heavy atom. The van der Waals surface area contributed by atoms with Crippen LogP contribution in [-0.2, 0) is 0 Å². The van der Waals surface area contributed by atoms with Crippen LogP contribution in [0.3, 0.4) is 0 Å². The number of pyridine rings is 1. The molecule has 0 unspecified atom stereocenters. The number of nitrogens with zero attached hydrogens (tertiary/aromatic N) is 1. The molecular formula is C12H9NOS. The molecule has 0 amide bonds. The molecule has 2 heterocycles. The van der Waals surface area contributed by atoms with Crippen LogP contribution < -0.4 is 0 Å². The van der Waals surface area contributed by atoms with Gasteiger partial charge in [0.1, 0.15) is 5.69 Å². The van der Waals surface area contributed by atoms with Crippen LogP contribution in [0.5, 0.6) is 0 Å². The lowest BCUT2D eigenvalue weighted by Crippen LogP contribution is -1.96. The van der Waals surface area contributed by atoms with Gasteiger partial charge in [-0.1, -0.05) is 12.1 Å². The maximum absolute atomic E-state index is 11.6. The molecule has 0 aromatic carbocycles. The maximum Gasteiger partial charge on any atom is 0.204 e. The predicted octanol–water partition coefficient (Wildman–Crippen LogP) is 3.04. The van der Waals surface area contributed by atoms with Crippen molar-refractivity contribution in [3.63, 3.8) is 0 Å². The van der Waals surface area contributed by atoms with Crippen molar-refractivity contribution in [2.45, 2.75) is 0 Å². The highest BCUT2D eigenvalue weighted by molar-refractivity contribution is 7.08. The van der Waals surface area contributed by atoms with Gasteiger partial charge in [0.05, 0.1) is 0 Å². The van der Waals surface area contributed by atoms with Crippen molar-refractivity contribution in [2.24, 2.45) is 0 Å². The van der Waals surface area contributed by atoms with Crippen LogP contribution in [-0.4, -0.2) is 10.8 Å². The zero-order valence-corrected chi connectivity index (χ0v) is 8.78. The maximum atomic E-state index is 11.6. The van der Waals surface area contributed by atoms with Crippen molar-refractivity contribution in [1.82, 2.24) is 4.98 Å². The van der Waals surface area contributed by atoms with E-state index < -0.39 is 0 Å². The number of carbonyl (C=O) groups excluding carboxylic acids is 1. The van der Waals surface area contributed by atoms with Crippen LogP contribution in [0, 0.1) is 0 Å². The van der Waals surface area contributed by atoms with Crippen molar-refractivity contribution < 1.29 is 4.79 Å². The molecule has 2 rings (SSSR count).